The number of carbonyl (C=O) groups excluding carboxylic acids is 2. The Morgan fingerprint density at radius 1 is 1.29 bits per heavy atom. The van der Waals surface area contributed by atoms with E-state index < -0.39 is 0 Å². The number of hydrogen-bond acceptors (Lipinski definition) is 6. The number of benzene rings is 1. The van der Waals surface area contributed by atoms with Crippen molar-refractivity contribution in [1.82, 2.24) is 19.7 Å². The highest BCUT2D eigenvalue weighted by molar-refractivity contribution is 7.99. The van der Waals surface area contributed by atoms with E-state index in [2.05, 4.69) is 27.1 Å². The first-order valence-electron chi connectivity index (χ1n) is 9.86. The van der Waals surface area contributed by atoms with Crippen molar-refractivity contribution in [2.75, 3.05) is 16.0 Å². The van der Waals surface area contributed by atoms with Crippen LogP contribution in [0.3, 0.4) is 0 Å². The fraction of sp³-hybridized carbons (Fsp3) is 0.227. The fourth-order valence-electron chi connectivity index (χ4n) is 3.56. The van der Waals surface area contributed by atoms with Crippen LogP contribution in [0.2, 0.25) is 0 Å². The highest BCUT2D eigenvalue weighted by Gasteiger charge is 2.29. The van der Waals surface area contributed by atoms with Gasteiger partial charge in [0.2, 0.25) is 11.8 Å². The maximum Gasteiger partial charge on any atom is 0.237 e. The molecule has 158 valence electrons. The molecule has 1 aliphatic heterocycles. The summed E-state index contributed by atoms with van der Waals surface area (Å²) in [6.07, 6.45) is 5.43. The van der Waals surface area contributed by atoms with Crippen molar-refractivity contribution in [3.8, 4) is 11.4 Å². The number of pyridine rings is 1. The third kappa shape index (κ3) is 4.36. The van der Waals surface area contributed by atoms with Crippen molar-refractivity contribution in [2.24, 2.45) is 0 Å². The average Bonchev–Trinajstić information content (AvgIpc) is 3.11. The van der Waals surface area contributed by atoms with Crippen LogP contribution in [0, 0.1) is 0 Å². The molecule has 9 heteroatoms. The molecule has 4 rings (SSSR count). The van der Waals surface area contributed by atoms with E-state index >= 15 is 0 Å². The number of nitrogens with one attached hydrogen (secondary N) is 1. The van der Waals surface area contributed by atoms with E-state index in [1.165, 1.54) is 11.8 Å². The molecule has 3 aromatic rings. The third-order valence-corrected chi connectivity index (χ3v) is 5.85. The first-order valence-corrected chi connectivity index (χ1v) is 10.8. The molecule has 1 aromatic carbocycles. The Bertz CT molecular complexity index is 1110. The van der Waals surface area contributed by atoms with Crippen LogP contribution in [-0.2, 0) is 16.1 Å². The molecule has 3 heterocycles. The number of rotatable bonds is 6. The van der Waals surface area contributed by atoms with Gasteiger partial charge < -0.3 is 10.2 Å². The number of fused-ring (bicyclic) bond motifs is 1. The van der Waals surface area contributed by atoms with E-state index in [1.807, 2.05) is 41.8 Å². The zero-order valence-corrected chi connectivity index (χ0v) is 17.9. The Kier molecular flexibility index (Phi) is 6.13. The smallest absolute Gasteiger partial charge is 0.237 e. The summed E-state index contributed by atoms with van der Waals surface area (Å²) in [6, 6.07) is 10.8. The van der Waals surface area contributed by atoms with Gasteiger partial charge in [0.25, 0.3) is 0 Å². The lowest BCUT2D eigenvalue weighted by molar-refractivity contribution is -0.117. The summed E-state index contributed by atoms with van der Waals surface area (Å²) < 4.78 is 1.91. The molecule has 2 amide bonds. The van der Waals surface area contributed by atoms with Crippen LogP contribution in [0.15, 0.2) is 66.6 Å². The van der Waals surface area contributed by atoms with Crippen LogP contribution < -0.4 is 10.2 Å². The molecule has 1 N–H and O–H groups in total. The van der Waals surface area contributed by atoms with E-state index in [0.29, 0.717) is 28.9 Å². The summed E-state index contributed by atoms with van der Waals surface area (Å²) in [5.41, 5.74) is 2.19. The van der Waals surface area contributed by atoms with Crippen LogP contribution in [0.4, 0.5) is 11.4 Å². The highest BCUT2D eigenvalue weighted by atomic mass is 32.2. The number of nitrogens with zero attached hydrogens (tertiary/aromatic N) is 5. The molecule has 0 saturated carbocycles. The highest BCUT2D eigenvalue weighted by Crippen LogP contribution is 2.32. The van der Waals surface area contributed by atoms with E-state index in [-0.39, 0.29) is 30.0 Å². The number of amides is 2. The molecule has 31 heavy (non-hydrogen) atoms. The van der Waals surface area contributed by atoms with E-state index in [4.69, 9.17) is 0 Å². The van der Waals surface area contributed by atoms with Gasteiger partial charge in [0.15, 0.2) is 11.0 Å². The molecule has 0 saturated heterocycles. The fourth-order valence-corrected chi connectivity index (χ4v) is 4.37. The van der Waals surface area contributed by atoms with Gasteiger partial charge >= 0.3 is 0 Å². The van der Waals surface area contributed by atoms with Gasteiger partial charge in [-0.05, 0) is 31.2 Å². The quantitative estimate of drug-likeness (QED) is 0.472. The monoisotopic (exact) mass is 434 g/mol. The minimum absolute atomic E-state index is 0.0995. The number of carbonyl (C=O) groups is 2. The van der Waals surface area contributed by atoms with Crippen LogP contribution in [0.1, 0.15) is 13.3 Å². The number of thioether (sulfide) groups is 1. The second-order valence-corrected chi connectivity index (χ2v) is 8.06. The maximum absolute atomic E-state index is 13.2. The largest absolute Gasteiger partial charge is 0.324 e. The maximum atomic E-state index is 13.2. The lowest BCUT2D eigenvalue weighted by atomic mass is 10.2. The molecule has 0 fully saturated rings. The topological polar surface area (TPSA) is 93.0 Å². The molecule has 8 nitrogen and oxygen atoms in total. The van der Waals surface area contributed by atoms with E-state index in [1.54, 1.807) is 29.4 Å². The Hall–Kier alpha value is -3.46. The molecule has 1 atom stereocenters. The number of anilines is 2. The van der Waals surface area contributed by atoms with Crippen molar-refractivity contribution in [3.63, 3.8) is 0 Å². The molecule has 0 bridgehead atoms. The number of allylic oxidation sites excluding steroid dienone is 1. The first kappa shape index (κ1) is 20.8. The van der Waals surface area contributed by atoms with Crippen LogP contribution in [0.5, 0.6) is 0 Å². The van der Waals surface area contributed by atoms with Crippen molar-refractivity contribution < 1.29 is 9.59 Å². The van der Waals surface area contributed by atoms with Gasteiger partial charge in [-0.25, -0.2) is 0 Å². The number of aromatic nitrogens is 4. The Morgan fingerprint density at radius 3 is 2.90 bits per heavy atom. The second-order valence-electron chi connectivity index (χ2n) is 7.12. The molecule has 0 spiro atoms. The lowest BCUT2D eigenvalue weighted by Crippen LogP contribution is -2.40. The van der Waals surface area contributed by atoms with Gasteiger partial charge in [0.05, 0.1) is 17.1 Å². The van der Waals surface area contributed by atoms with Crippen molar-refractivity contribution in [1.29, 1.82) is 0 Å². The molecule has 2 aromatic heterocycles. The van der Waals surface area contributed by atoms with E-state index in [0.717, 1.165) is 5.56 Å². The third-order valence-electron chi connectivity index (χ3n) is 4.90. The van der Waals surface area contributed by atoms with Crippen molar-refractivity contribution in [3.05, 3.63) is 61.4 Å². The minimum atomic E-state index is -0.256. The summed E-state index contributed by atoms with van der Waals surface area (Å²) in [7, 11) is 0. The van der Waals surface area contributed by atoms with E-state index in [9.17, 15) is 9.59 Å². The van der Waals surface area contributed by atoms with Gasteiger partial charge in [0.1, 0.15) is 0 Å². The van der Waals surface area contributed by atoms with Crippen molar-refractivity contribution in [2.45, 2.75) is 31.1 Å². The predicted molar refractivity (Wildman–Crippen MR) is 121 cm³/mol. The minimum Gasteiger partial charge on any atom is -0.324 e. The zero-order chi connectivity index (χ0) is 21.8. The standard InChI is InChI=1S/C22H22N6O2S/c1-3-11-27-21(16-7-6-10-23-13-16)25-26-22(27)31-14-20(30)28-15(2)12-19(29)24-17-8-4-5-9-18(17)28/h3-10,13,15H,1,11-12,14H2,2H3,(H,24,29)/t15-/m0/s1. The number of hydrogen-bond donors (Lipinski definition) is 1. The molecular weight excluding hydrogens is 412 g/mol. The Balaban J connectivity index is 1.57. The molecule has 0 radical (unpaired) electrons. The molecule has 1 aliphatic rings. The molecular formula is C22H22N6O2S. The Labute approximate surface area is 184 Å². The van der Waals surface area contributed by atoms with Gasteiger partial charge in [-0.1, -0.05) is 30.0 Å². The van der Waals surface area contributed by atoms with Gasteiger partial charge in [-0.15, -0.1) is 16.8 Å². The van der Waals surface area contributed by atoms with Crippen molar-refractivity contribution >= 4 is 35.0 Å². The van der Waals surface area contributed by atoms with Gasteiger partial charge in [-0.2, -0.15) is 0 Å². The molecule has 0 aliphatic carbocycles. The summed E-state index contributed by atoms with van der Waals surface area (Å²) in [5, 5.41) is 12.1. The first-order chi connectivity index (χ1) is 15.1. The summed E-state index contributed by atoms with van der Waals surface area (Å²) >= 11 is 1.31. The van der Waals surface area contributed by atoms with Gasteiger partial charge in [0, 0.05) is 37.0 Å². The zero-order valence-electron chi connectivity index (χ0n) is 17.1. The van der Waals surface area contributed by atoms with Crippen LogP contribution in [-0.4, -0.2) is 43.4 Å². The summed E-state index contributed by atoms with van der Waals surface area (Å²) in [6.45, 7) is 6.21. The number of para-hydroxylation sites is 2. The SMILES string of the molecule is C=CCn1c(SCC(=O)N2c3ccccc3NC(=O)C[C@@H]2C)nnc1-c1cccnc1. The summed E-state index contributed by atoms with van der Waals surface area (Å²) in [5.74, 6) is 0.633. The normalized spacial score (nSPS) is 15.7. The van der Waals surface area contributed by atoms with Crippen LogP contribution >= 0.6 is 11.8 Å². The Morgan fingerprint density at radius 2 is 2.13 bits per heavy atom. The molecule has 0 unspecified atom stereocenters. The second kappa shape index (κ2) is 9.13. The lowest BCUT2D eigenvalue weighted by Gasteiger charge is -2.27. The predicted octanol–water partition coefficient (Wildman–Crippen LogP) is 3.38. The van der Waals surface area contributed by atoms with Gasteiger partial charge in [-0.3, -0.25) is 19.1 Å². The van der Waals surface area contributed by atoms with Crippen LogP contribution in [0.25, 0.3) is 11.4 Å². The summed E-state index contributed by atoms with van der Waals surface area (Å²) in [4.78, 5) is 31.2. The average molecular weight is 435 g/mol.